The van der Waals surface area contributed by atoms with Crippen molar-refractivity contribution in [3.05, 3.63) is 60.3 Å². The van der Waals surface area contributed by atoms with Crippen LogP contribution in [0.5, 0.6) is 0 Å². The van der Waals surface area contributed by atoms with Crippen molar-refractivity contribution in [2.75, 3.05) is 6.61 Å². The predicted molar refractivity (Wildman–Crippen MR) is 84.0 cm³/mol. The van der Waals surface area contributed by atoms with Crippen LogP contribution in [0.2, 0.25) is 0 Å². The standard InChI is InChI=1S/C16H18N2O2S/c1-12(21-15-9-5-6-10-17-15)16(20)18-14(11-19)13-7-3-2-4-8-13/h2-10,12,14,19H,11H2,1H3,(H,18,20). The molecule has 21 heavy (non-hydrogen) atoms. The van der Waals surface area contributed by atoms with E-state index in [1.54, 1.807) is 6.20 Å². The Morgan fingerprint density at radius 1 is 1.24 bits per heavy atom. The Morgan fingerprint density at radius 2 is 1.95 bits per heavy atom. The number of aliphatic hydroxyl groups excluding tert-OH is 1. The van der Waals surface area contributed by atoms with E-state index >= 15 is 0 Å². The summed E-state index contributed by atoms with van der Waals surface area (Å²) in [4.78, 5) is 16.4. The second-order valence-electron chi connectivity index (χ2n) is 4.58. The number of carbonyl (C=O) groups excluding carboxylic acids is 1. The fourth-order valence-electron chi connectivity index (χ4n) is 1.86. The topological polar surface area (TPSA) is 62.2 Å². The van der Waals surface area contributed by atoms with E-state index in [-0.39, 0.29) is 23.8 Å². The van der Waals surface area contributed by atoms with Gasteiger partial charge in [-0.2, -0.15) is 0 Å². The summed E-state index contributed by atoms with van der Waals surface area (Å²) < 4.78 is 0. The van der Waals surface area contributed by atoms with Gasteiger partial charge < -0.3 is 10.4 Å². The molecule has 0 spiro atoms. The van der Waals surface area contributed by atoms with Crippen molar-refractivity contribution in [3.63, 3.8) is 0 Å². The van der Waals surface area contributed by atoms with Gasteiger partial charge in [0.2, 0.25) is 5.91 Å². The van der Waals surface area contributed by atoms with E-state index in [1.165, 1.54) is 11.8 Å². The summed E-state index contributed by atoms with van der Waals surface area (Å²) in [5, 5.41) is 12.9. The van der Waals surface area contributed by atoms with Crippen LogP contribution in [-0.4, -0.2) is 27.9 Å². The van der Waals surface area contributed by atoms with Crippen LogP contribution in [0.15, 0.2) is 59.8 Å². The molecule has 0 fully saturated rings. The van der Waals surface area contributed by atoms with Crippen LogP contribution in [0.1, 0.15) is 18.5 Å². The third-order valence-corrected chi connectivity index (χ3v) is 4.06. The fraction of sp³-hybridized carbons (Fsp3) is 0.250. The minimum Gasteiger partial charge on any atom is -0.394 e. The molecule has 2 aromatic rings. The first-order valence-corrected chi connectivity index (χ1v) is 7.62. The van der Waals surface area contributed by atoms with Gasteiger partial charge in [-0.25, -0.2) is 4.98 Å². The lowest BCUT2D eigenvalue weighted by Crippen LogP contribution is -2.36. The maximum absolute atomic E-state index is 12.2. The molecular formula is C16H18N2O2S. The summed E-state index contributed by atoms with van der Waals surface area (Å²) in [6.45, 7) is 1.70. The summed E-state index contributed by atoms with van der Waals surface area (Å²) in [6, 6.07) is 14.7. The molecule has 2 unspecified atom stereocenters. The molecule has 0 bridgehead atoms. The molecule has 1 aromatic heterocycles. The van der Waals surface area contributed by atoms with Crippen LogP contribution in [0.3, 0.4) is 0 Å². The smallest absolute Gasteiger partial charge is 0.233 e. The number of hydrogen-bond acceptors (Lipinski definition) is 4. The first-order valence-electron chi connectivity index (χ1n) is 6.74. The fourth-order valence-corrected chi connectivity index (χ4v) is 2.68. The first kappa shape index (κ1) is 15.5. The van der Waals surface area contributed by atoms with Crippen molar-refractivity contribution in [1.29, 1.82) is 0 Å². The molecule has 0 aliphatic carbocycles. The van der Waals surface area contributed by atoms with Crippen LogP contribution >= 0.6 is 11.8 Å². The third-order valence-electron chi connectivity index (χ3n) is 3.01. The number of aromatic nitrogens is 1. The summed E-state index contributed by atoms with van der Waals surface area (Å²) in [6.07, 6.45) is 1.70. The van der Waals surface area contributed by atoms with Gasteiger partial charge in [0.1, 0.15) is 0 Å². The lowest BCUT2D eigenvalue weighted by Gasteiger charge is -2.19. The second-order valence-corrected chi connectivity index (χ2v) is 5.94. The molecular weight excluding hydrogens is 284 g/mol. The van der Waals surface area contributed by atoms with Gasteiger partial charge in [-0.15, -0.1) is 0 Å². The van der Waals surface area contributed by atoms with E-state index in [0.717, 1.165) is 10.6 Å². The quantitative estimate of drug-likeness (QED) is 0.804. The summed E-state index contributed by atoms with van der Waals surface area (Å²) in [7, 11) is 0. The molecule has 0 saturated carbocycles. The second kappa shape index (κ2) is 7.81. The van der Waals surface area contributed by atoms with Crippen molar-refractivity contribution in [2.24, 2.45) is 0 Å². The Kier molecular flexibility index (Phi) is 5.78. The van der Waals surface area contributed by atoms with E-state index in [4.69, 9.17) is 0 Å². The molecule has 2 atom stereocenters. The lowest BCUT2D eigenvalue weighted by molar-refractivity contribution is -0.121. The maximum atomic E-state index is 12.2. The number of thioether (sulfide) groups is 1. The van der Waals surface area contributed by atoms with Crippen molar-refractivity contribution >= 4 is 17.7 Å². The molecule has 2 rings (SSSR count). The minimum absolute atomic E-state index is 0.117. The molecule has 1 aromatic carbocycles. The van der Waals surface area contributed by atoms with Gasteiger partial charge in [-0.05, 0) is 24.6 Å². The highest BCUT2D eigenvalue weighted by atomic mass is 32.2. The zero-order chi connectivity index (χ0) is 15.1. The number of hydrogen-bond donors (Lipinski definition) is 2. The van der Waals surface area contributed by atoms with Crippen LogP contribution in [0.25, 0.3) is 0 Å². The van der Waals surface area contributed by atoms with Crippen molar-refractivity contribution < 1.29 is 9.90 Å². The molecule has 1 heterocycles. The number of carbonyl (C=O) groups is 1. The highest BCUT2D eigenvalue weighted by molar-refractivity contribution is 8.00. The minimum atomic E-state index is -0.384. The molecule has 110 valence electrons. The zero-order valence-corrected chi connectivity index (χ0v) is 12.6. The Balaban J connectivity index is 1.96. The molecule has 0 aliphatic rings. The predicted octanol–water partition coefficient (Wildman–Crippen LogP) is 2.41. The van der Waals surface area contributed by atoms with Gasteiger partial charge in [0.15, 0.2) is 0 Å². The van der Waals surface area contributed by atoms with E-state index in [1.807, 2.05) is 55.5 Å². The lowest BCUT2D eigenvalue weighted by atomic mass is 10.1. The number of amides is 1. The average Bonchev–Trinajstić information content (AvgIpc) is 2.54. The van der Waals surface area contributed by atoms with Crippen LogP contribution < -0.4 is 5.32 Å². The number of rotatable bonds is 6. The molecule has 4 nitrogen and oxygen atoms in total. The normalized spacial score (nSPS) is 13.4. The Bertz CT molecular complexity index is 563. The van der Waals surface area contributed by atoms with Crippen molar-refractivity contribution in [3.8, 4) is 0 Å². The van der Waals surface area contributed by atoms with E-state index < -0.39 is 0 Å². The van der Waals surface area contributed by atoms with Crippen LogP contribution in [0.4, 0.5) is 0 Å². The first-order chi connectivity index (χ1) is 10.2. The van der Waals surface area contributed by atoms with E-state index in [9.17, 15) is 9.90 Å². The molecule has 0 saturated heterocycles. The highest BCUT2D eigenvalue weighted by Crippen LogP contribution is 2.21. The monoisotopic (exact) mass is 302 g/mol. The van der Waals surface area contributed by atoms with Crippen LogP contribution in [0, 0.1) is 0 Å². The number of benzene rings is 1. The number of pyridine rings is 1. The summed E-state index contributed by atoms with van der Waals surface area (Å²) in [5.74, 6) is -0.117. The molecule has 5 heteroatoms. The van der Waals surface area contributed by atoms with Gasteiger partial charge in [-0.1, -0.05) is 48.2 Å². The summed E-state index contributed by atoms with van der Waals surface area (Å²) in [5.41, 5.74) is 0.892. The zero-order valence-electron chi connectivity index (χ0n) is 11.8. The molecule has 0 aliphatic heterocycles. The van der Waals surface area contributed by atoms with E-state index in [2.05, 4.69) is 10.3 Å². The summed E-state index contributed by atoms with van der Waals surface area (Å²) >= 11 is 1.39. The average molecular weight is 302 g/mol. The largest absolute Gasteiger partial charge is 0.394 e. The number of nitrogens with zero attached hydrogens (tertiary/aromatic N) is 1. The van der Waals surface area contributed by atoms with Crippen molar-refractivity contribution in [2.45, 2.75) is 23.2 Å². The molecule has 1 amide bonds. The van der Waals surface area contributed by atoms with E-state index in [0.29, 0.717) is 0 Å². The molecule has 0 radical (unpaired) electrons. The number of aliphatic hydroxyl groups is 1. The Hall–Kier alpha value is -1.85. The molecule has 2 N–H and O–H groups in total. The SMILES string of the molecule is CC(Sc1ccccn1)C(=O)NC(CO)c1ccccc1. The van der Waals surface area contributed by atoms with Gasteiger partial charge in [0.25, 0.3) is 0 Å². The Labute approximate surface area is 128 Å². The maximum Gasteiger partial charge on any atom is 0.233 e. The van der Waals surface area contributed by atoms with Gasteiger partial charge in [0.05, 0.1) is 22.9 Å². The number of nitrogens with one attached hydrogen (secondary N) is 1. The van der Waals surface area contributed by atoms with Gasteiger partial charge >= 0.3 is 0 Å². The third kappa shape index (κ3) is 4.58. The highest BCUT2D eigenvalue weighted by Gasteiger charge is 2.19. The van der Waals surface area contributed by atoms with Crippen molar-refractivity contribution in [1.82, 2.24) is 10.3 Å². The van der Waals surface area contributed by atoms with Gasteiger partial charge in [-0.3, -0.25) is 4.79 Å². The van der Waals surface area contributed by atoms with Gasteiger partial charge in [0, 0.05) is 6.20 Å². The van der Waals surface area contributed by atoms with Crippen LogP contribution in [-0.2, 0) is 4.79 Å². The Morgan fingerprint density at radius 3 is 2.57 bits per heavy atom.